The lowest BCUT2D eigenvalue weighted by atomic mass is 10.3. The fraction of sp³-hybridized carbons (Fsp3) is 0.0303. The van der Waals surface area contributed by atoms with Crippen LogP contribution in [0.2, 0.25) is 0 Å². The van der Waals surface area contributed by atoms with Crippen molar-refractivity contribution in [1.29, 1.82) is 0 Å². The first-order chi connectivity index (χ1) is 17.0. The molecule has 1 nitrogen and oxygen atoms in total. The van der Waals surface area contributed by atoms with Gasteiger partial charge in [-0.15, -0.1) is 0 Å². The van der Waals surface area contributed by atoms with Crippen molar-refractivity contribution in [2.24, 2.45) is 0 Å². The van der Waals surface area contributed by atoms with Crippen LogP contribution in [-0.2, 0) is 4.74 Å². The third kappa shape index (κ3) is 22.3. The molecular weight excluding hydrogens is 412 g/mol. The van der Waals surface area contributed by atoms with Crippen molar-refractivity contribution in [3.05, 3.63) is 195 Å². The molecule has 172 valence electrons. The van der Waals surface area contributed by atoms with Gasteiger partial charge in [0.25, 0.3) is 0 Å². The monoisotopic (exact) mass is 446 g/mol. The first-order valence-electron chi connectivity index (χ1n) is 11.3. The van der Waals surface area contributed by atoms with E-state index in [-0.39, 0.29) is 0 Å². The van der Waals surface area contributed by atoms with Crippen molar-refractivity contribution >= 4 is 0 Å². The molecule has 1 rings (SSSR count). The highest BCUT2D eigenvalue weighted by Gasteiger charge is 1.72. The number of hydrogen-bond donors (Lipinski definition) is 0. The predicted octanol–water partition coefficient (Wildman–Crippen LogP) is 8.87. The molecular formula is C33H34O. The minimum absolute atomic E-state index is 0.536. The van der Waals surface area contributed by atoms with Crippen LogP contribution in [0.1, 0.15) is 0 Å². The van der Waals surface area contributed by atoms with Gasteiger partial charge < -0.3 is 4.74 Å². The Morgan fingerprint density at radius 1 is 0.235 bits per heavy atom. The first kappa shape index (κ1) is 27.7. The summed E-state index contributed by atoms with van der Waals surface area (Å²) in [5.74, 6) is 0. The Hall–Kier alpha value is -4.36. The quantitative estimate of drug-likeness (QED) is 0.361. The van der Waals surface area contributed by atoms with Gasteiger partial charge in [-0.1, -0.05) is 176 Å². The smallest absolute Gasteiger partial charge is 0.106 e. The molecule has 1 aliphatic rings. The van der Waals surface area contributed by atoms with Crippen molar-refractivity contribution < 1.29 is 4.74 Å². The Kier molecular flexibility index (Phi) is 20.3. The second kappa shape index (κ2) is 24.9. The summed E-state index contributed by atoms with van der Waals surface area (Å²) in [5, 5.41) is 0. The Bertz CT molecular complexity index is 903. The molecule has 1 heteroatoms. The maximum atomic E-state index is 5.39. The summed E-state index contributed by atoms with van der Waals surface area (Å²) in [6.07, 6.45) is 63.1. The highest BCUT2D eigenvalue weighted by Crippen LogP contribution is 1.89. The number of rotatable bonds is 0. The molecule has 0 spiro atoms. The van der Waals surface area contributed by atoms with Crippen molar-refractivity contribution in [3.8, 4) is 0 Å². The Labute approximate surface area is 205 Å². The van der Waals surface area contributed by atoms with Gasteiger partial charge in [0.05, 0.1) is 6.26 Å². The van der Waals surface area contributed by atoms with E-state index in [4.69, 9.17) is 4.74 Å². The van der Waals surface area contributed by atoms with Crippen LogP contribution in [0.4, 0.5) is 0 Å². The molecule has 0 saturated heterocycles. The van der Waals surface area contributed by atoms with Crippen LogP contribution in [0.25, 0.3) is 0 Å². The minimum atomic E-state index is 0.536. The maximum absolute atomic E-state index is 5.39. The summed E-state index contributed by atoms with van der Waals surface area (Å²) >= 11 is 0. The zero-order chi connectivity index (χ0) is 24.0. The molecule has 0 aliphatic carbocycles. The third-order valence-corrected chi connectivity index (χ3v) is 3.73. The van der Waals surface area contributed by atoms with E-state index in [9.17, 15) is 0 Å². The fourth-order valence-electron chi connectivity index (χ4n) is 2.14. The number of hydrogen-bond acceptors (Lipinski definition) is 1. The predicted molar refractivity (Wildman–Crippen MR) is 152 cm³/mol. The van der Waals surface area contributed by atoms with Gasteiger partial charge in [-0.25, -0.2) is 0 Å². The molecule has 0 aromatic rings. The van der Waals surface area contributed by atoms with Crippen LogP contribution in [0.15, 0.2) is 195 Å². The first-order valence-corrected chi connectivity index (χ1v) is 11.3. The molecule has 1 aliphatic heterocycles. The van der Waals surface area contributed by atoms with Gasteiger partial charge in [0.1, 0.15) is 6.61 Å². The summed E-state index contributed by atoms with van der Waals surface area (Å²) in [5.41, 5.74) is 0. The Morgan fingerprint density at radius 3 is 0.706 bits per heavy atom. The summed E-state index contributed by atoms with van der Waals surface area (Å²) in [7, 11) is 0. The van der Waals surface area contributed by atoms with E-state index < -0.39 is 0 Å². The standard InChI is InChI=1S/C33H34O/c1-2-4-6-8-10-12-14-16-18-20-22-24-26-28-30-32-34-33-31-29-27-25-23-21-19-17-15-13-11-9-7-5-3-1/h1-32H,33H2/b3-1?,4-2?,7-5?,8-6-,11-9?,12-10?,15-13?,16-14?,19-17?,20-18?,23-21?,24-22?,27-25?,28-26-,31-29?,32-30?. The molecule has 0 N–H and O–H groups in total. The van der Waals surface area contributed by atoms with E-state index in [0.29, 0.717) is 6.61 Å². The summed E-state index contributed by atoms with van der Waals surface area (Å²) in [6.45, 7) is 0.536. The van der Waals surface area contributed by atoms with Gasteiger partial charge in [-0.3, -0.25) is 0 Å². The van der Waals surface area contributed by atoms with Crippen molar-refractivity contribution in [2.75, 3.05) is 6.61 Å². The zero-order valence-corrected chi connectivity index (χ0v) is 19.6. The van der Waals surface area contributed by atoms with Crippen molar-refractivity contribution in [2.45, 2.75) is 0 Å². The van der Waals surface area contributed by atoms with Gasteiger partial charge in [0.15, 0.2) is 0 Å². The molecule has 0 saturated carbocycles. The molecule has 0 radical (unpaired) electrons. The van der Waals surface area contributed by atoms with Gasteiger partial charge in [0.2, 0.25) is 0 Å². The highest BCUT2D eigenvalue weighted by molar-refractivity contribution is 5.24. The van der Waals surface area contributed by atoms with Crippen LogP contribution in [0, 0.1) is 0 Å². The van der Waals surface area contributed by atoms with E-state index >= 15 is 0 Å². The van der Waals surface area contributed by atoms with Crippen LogP contribution < -0.4 is 0 Å². The summed E-state index contributed by atoms with van der Waals surface area (Å²) in [6, 6.07) is 0. The number of allylic oxidation sites excluding steroid dienone is 30. The Balaban J connectivity index is 2.62. The molecule has 0 fully saturated rings. The summed E-state index contributed by atoms with van der Waals surface area (Å²) in [4.78, 5) is 0. The average molecular weight is 447 g/mol. The molecule has 0 aromatic carbocycles. The topological polar surface area (TPSA) is 9.23 Å². The highest BCUT2D eigenvalue weighted by atomic mass is 16.5. The second-order valence-electron chi connectivity index (χ2n) is 6.48. The van der Waals surface area contributed by atoms with Crippen molar-refractivity contribution in [3.63, 3.8) is 0 Å². The van der Waals surface area contributed by atoms with Gasteiger partial charge in [-0.2, -0.15) is 0 Å². The van der Waals surface area contributed by atoms with Crippen LogP contribution >= 0.6 is 0 Å². The Morgan fingerprint density at radius 2 is 0.441 bits per heavy atom. The van der Waals surface area contributed by atoms with E-state index in [1.165, 1.54) is 0 Å². The van der Waals surface area contributed by atoms with E-state index in [0.717, 1.165) is 0 Å². The largest absolute Gasteiger partial charge is 0.497 e. The van der Waals surface area contributed by atoms with Gasteiger partial charge >= 0.3 is 0 Å². The molecule has 0 amide bonds. The van der Waals surface area contributed by atoms with Gasteiger partial charge in [0, 0.05) is 0 Å². The van der Waals surface area contributed by atoms with Crippen LogP contribution in [0.5, 0.6) is 0 Å². The average Bonchev–Trinajstić information content (AvgIpc) is 2.85. The number of ether oxygens (including phenoxy) is 1. The summed E-state index contributed by atoms with van der Waals surface area (Å²) < 4.78 is 5.39. The molecule has 0 bridgehead atoms. The normalized spacial score (nSPS) is 18.1. The minimum Gasteiger partial charge on any atom is -0.497 e. The lowest BCUT2D eigenvalue weighted by Crippen LogP contribution is -1.78. The van der Waals surface area contributed by atoms with E-state index in [1.54, 1.807) is 6.26 Å². The van der Waals surface area contributed by atoms with Crippen LogP contribution in [0.3, 0.4) is 0 Å². The lowest BCUT2D eigenvalue weighted by molar-refractivity contribution is 0.290. The van der Waals surface area contributed by atoms with Crippen molar-refractivity contribution in [1.82, 2.24) is 0 Å². The SMILES string of the molecule is C1=CC=CC=CC=CC=CCOC=C/C=C\C=CC=CC=CC=C/C=C\C=CC=CC=CC=C1. The van der Waals surface area contributed by atoms with Crippen LogP contribution in [-0.4, -0.2) is 6.61 Å². The molecule has 34 heavy (non-hydrogen) atoms. The van der Waals surface area contributed by atoms with Gasteiger partial charge in [-0.05, 0) is 12.2 Å². The maximum Gasteiger partial charge on any atom is 0.106 e. The second-order valence-corrected chi connectivity index (χ2v) is 6.48. The van der Waals surface area contributed by atoms with E-state index in [2.05, 4.69) is 0 Å². The molecule has 1 heterocycles. The van der Waals surface area contributed by atoms with E-state index in [1.807, 2.05) is 188 Å². The fourth-order valence-corrected chi connectivity index (χ4v) is 2.14. The molecule has 0 unspecified atom stereocenters. The molecule has 0 atom stereocenters. The zero-order valence-electron chi connectivity index (χ0n) is 19.6. The lowest BCUT2D eigenvalue weighted by Gasteiger charge is -1.90. The third-order valence-electron chi connectivity index (χ3n) is 3.73. The molecule has 0 aromatic heterocycles.